The zero-order valence-corrected chi connectivity index (χ0v) is 19.9. The SMILES string of the molecule is C[C](C)(C)[Sb]([c]1ccccc1)[c]1ccccc1.O=Cc1ccc(O)c(Br)c1. The van der Waals surface area contributed by atoms with Gasteiger partial charge in [-0.15, -0.1) is 0 Å². The first-order chi connectivity index (χ1) is 12.8. The summed E-state index contributed by atoms with van der Waals surface area (Å²) in [4.78, 5) is 10.2. The van der Waals surface area contributed by atoms with Gasteiger partial charge < -0.3 is 5.11 Å². The van der Waals surface area contributed by atoms with E-state index >= 15 is 0 Å². The van der Waals surface area contributed by atoms with Crippen LogP contribution < -0.4 is 7.02 Å². The molecular weight excluding hydrogens is 510 g/mol. The van der Waals surface area contributed by atoms with Crippen LogP contribution in [0.25, 0.3) is 0 Å². The van der Waals surface area contributed by atoms with Gasteiger partial charge in [0.05, 0.1) is 4.47 Å². The van der Waals surface area contributed by atoms with Gasteiger partial charge in [-0.25, -0.2) is 0 Å². The molecule has 0 aliphatic heterocycles. The molecule has 2 nitrogen and oxygen atoms in total. The number of phenolic OH excluding ortho intramolecular Hbond substituents is 1. The molecule has 0 bridgehead atoms. The summed E-state index contributed by atoms with van der Waals surface area (Å²) in [6, 6.07) is 26.7. The molecule has 27 heavy (non-hydrogen) atoms. The van der Waals surface area contributed by atoms with Crippen LogP contribution in [0.5, 0.6) is 5.75 Å². The van der Waals surface area contributed by atoms with Crippen LogP contribution in [-0.2, 0) is 0 Å². The molecule has 3 aromatic rings. The van der Waals surface area contributed by atoms with E-state index in [0.29, 0.717) is 13.4 Å². The Balaban J connectivity index is 0.000000223. The molecule has 0 saturated carbocycles. The van der Waals surface area contributed by atoms with Crippen molar-refractivity contribution in [2.24, 2.45) is 0 Å². The maximum atomic E-state index is 10.2. The average molecular weight is 534 g/mol. The Hall–Kier alpha value is -1.57. The minimum absolute atomic E-state index is 0.144. The number of halogens is 1. The number of rotatable bonds is 3. The van der Waals surface area contributed by atoms with Gasteiger partial charge in [0.25, 0.3) is 0 Å². The molecule has 0 spiro atoms. The van der Waals surface area contributed by atoms with Gasteiger partial charge in [0.15, 0.2) is 0 Å². The van der Waals surface area contributed by atoms with Gasteiger partial charge in [-0.3, -0.25) is 4.79 Å². The zero-order valence-electron chi connectivity index (χ0n) is 15.8. The number of phenols is 1. The van der Waals surface area contributed by atoms with Crippen molar-refractivity contribution >= 4 is 49.4 Å². The summed E-state index contributed by atoms with van der Waals surface area (Å²) >= 11 is 1.43. The van der Waals surface area contributed by atoms with E-state index in [1.54, 1.807) is 19.2 Å². The number of carbonyl (C=O) groups is 1. The minimum Gasteiger partial charge on any atom is -0.507 e. The first-order valence-corrected chi connectivity index (χ1v) is 13.3. The van der Waals surface area contributed by atoms with E-state index in [0.717, 1.165) is 6.29 Å². The van der Waals surface area contributed by atoms with Crippen molar-refractivity contribution in [1.29, 1.82) is 0 Å². The van der Waals surface area contributed by atoms with E-state index in [9.17, 15) is 4.79 Å². The van der Waals surface area contributed by atoms with E-state index in [-0.39, 0.29) is 5.75 Å². The van der Waals surface area contributed by atoms with Crippen molar-refractivity contribution in [2.45, 2.75) is 24.1 Å². The summed E-state index contributed by atoms with van der Waals surface area (Å²) in [5.41, 5.74) is 0.546. The fourth-order valence-electron chi connectivity index (χ4n) is 2.67. The van der Waals surface area contributed by atoms with Crippen LogP contribution in [0.1, 0.15) is 31.1 Å². The van der Waals surface area contributed by atoms with Crippen LogP contribution in [0.15, 0.2) is 83.3 Å². The van der Waals surface area contributed by atoms with Crippen molar-refractivity contribution in [3.05, 3.63) is 88.9 Å². The summed E-state index contributed by atoms with van der Waals surface area (Å²) in [7, 11) is 0. The Bertz CT molecular complexity index is 819. The molecule has 0 amide bonds. The van der Waals surface area contributed by atoms with Gasteiger partial charge in [0.2, 0.25) is 0 Å². The quantitative estimate of drug-likeness (QED) is 0.377. The Morgan fingerprint density at radius 1 is 0.852 bits per heavy atom. The molecule has 0 unspecified atom stereocenters. The van der Waals surface area contributed by atoms with Gasteiger partial charge in [0, 0.05) is 5.56 Å². The minimum atomic E-state index is -1.65. The number of carbonyl (C=O) groups excluding carboxylic acids is 1. The van der Waals surface area contributed by atoms with Crippen molar-refractivity contribution in [1.82, 2.24) is 0 Å². The molecule has 0 heterocycles. The average Bonchev–Trinajstić information content (AvgIpc) is 2.65. The fraction of sp³-hybridized carbons (Fsp3) is 0.174. The predicted octanol–water partition coefficient (Wildman–Crippen LogP) is 5.06. The molecule has 140 valence electrons. The van der Waals surface area contributed by atoms with Crippen LogP contribution >= 0.6 is 15.9 Å². The number of aldehydes is 1. The van der Waals surface area contributed by atoms with Gasteiger partial charge in [-0.1, -0.05) is 0 Å². The second-order valence-corrected chi connectivity index (χ2v) is 16.6. The molecule has 0 aromatic heterocycles. The monoisotopic (exact) mass is 532 g/mol. The second kappa shape index (κ2) is 10.1. The van der Waals surface area contributed by atoms with Gasteiger partial charge in [-0.05, 0) is 34.1 Å². The Morgan fingerprint density at radius 3 is 1.70 bits per heavy atom. The Labute approximate surface area is 177 Å². The van der Waals surface area contributed by atoms with Crippen LogP contribution in [0.3, 0.4) is 0 Å². The Kier molecular flexibility index (Phi) is 8.13. The van der Waals surface area contributed by atoms with Crippen molar-refractivity contribution in [3.63, 3.8) is 0 Å². The maximum absolute atomic E-state index is 10.2. The molecule has 0 atom stereocenters. The molecule has 0 aliphatic rings. The summed E-state index contributed by atoms with van der Waals surface area (Å²) < 4.78 is 4.10. The van der Waals surface area contributed by atoms with Crippen LogP contribution in [0, 0.1) is 0 Å². The molecular formula is C23H24BrO2Sb. The van der Waals surface area contributed by atoms with Crippen LogP contribution in [0.4, 0.5) is 0 Å². The van der Waals surface area contributed by atoms with E-state index < -0.39 is 20.2 Å². The van der Waals surface area contributed by atoms with Crippen LogP contribution in [-0.4, -0.2) is 31.6 Å². The largest absolute Gasteiger partial charge is 0.507 e. The second-order valence-electron chi connectivity index (χ2n) is 7.01. The Morgan fingerprint density at radius 2 is 1.33 bits per heavy atom. The number of hydrogen-bond donors (Lipinski definition) is 1. The van der Waals surface area contributed by atoms with Gasteiger partial charge in [-0.2, -0.15) is 0 Å². The standard InChI is InChI=1S/C7H5BrO2.2C6H5.C4H9.Sb/c8-6-3-5(4-9)1-2-7(6)10;2*1-2-4-6-5-3-1;1-4(2)3;/h1-4,10H;2*1-5H;1-3H3;. The molecule has 0 fully saturated rings. The van der Waals surface area contributed by atoms with E-state index in [2.05, 4.69) is 97.4 Å². The van der Waals surface area contributed by atoms with Crippen molar-refractivity contribution in [2.75, 3.05) is 0 Å². The predicted molar refractivity (Wildman–Crippen MR) is 119 cm³/mol. The summed E-state index contributed by atoms with van der Waals surface area (Å²) in [5.74, 6) is 0.144. The number of aromatic hydroxyl groups is 1. The molecule has 0 radical (unpaired) electrons. The summed E-state index contributed by atoms with van der Waals surface area (Å²) in [5, 5.41) is 8.98. The first-order valence-electron chi connectivity index (χ1n) is 8.67. The molecule has 0 saturated heterocycles. The molecule has 3 aromatic carbocycles. The third-order valence-corrected chi connectivity index (χ3v) is 12.9. The summed E-state index contributed by atoms with van der Waals surface area (Å²) in [6.07, 6.45) is 0.726. The summed E-state index contributed by atoms with van der Waals surface area (Å²) in [6.45, 7) is 7.15. The number of benzene rings is 3. The molecule has 4 heteroatoms. The van der Waals surface area contributed by atoms with Crippen molar-refractivity contribution < 1.29 is 9.90 Å². The topological polar surface area (TPSA) is 37.3 Å². The van der Waals surface area contributed by atoms with E-state index in [1.807, 2.05) is 0 Å². The molecule has 0 aliphatic carbocycles. The maximum Gasteiger partial charge on any atom is 0.150 e. The number of hydrogen-bond acceptors (Lipinski definition) is 2. The first kappa shape index (κ1) is 21.7. The van der Waals surface area contributed by atoms with Crippen LogP contribution in [0.2, 0.25) is 3.36 Å². The van der Waals surface area contributed by atoms with E-state index in [1.165, 1.54) is 6.07 Å². The third kappa shape index (κ3) is 6.52. The van der Waals surface area contributed by atoms with Gasteiger partial charge >= 0.3 is 112 Å². The van der Waals surface area contributed by atoms with E-state index in [4.69, 9.17) is 5.11 Å². The molecule has 3 rings (SSSR count). The third-order valence-electron chi connectivity index (χ3n) is 3.81. The fourth-order valence-corrected chi connectivity index (χ4v) is 11.0. The normalized spacial score (nSPS) is 10.9. The smallest absolute Gasteiger partial charge is 0.150 e. The van der Waals surface area contributed by atoms with Gasteiger partial charge in [0.1, 0.15) is 12.0 Å². The van der Waals surface area contributed by atoms with Crippen molar-refractivity contribution in [3.8, 4) is 5.75 Å². The zero-order chi connectivity index (χ0) is 19.9. The molecule has 1 N–H and O–H groups in total.